The van der Waals surface area contributed by atoms with Crippen molar-refractivity contribution in [2.24, 2.45) is 0 Å². The van der Waals surface area contributed by atoms with Gasteiger partial charge in [-0.25, -0.2) is 9.36 Å². The van der Waals surface area contributed by atoms with E-state index < -0.39 is 11.9 Å². The molecule has 0 radical (unpaired) electrons. The Bertz CT molecular complexity index is 1170. The van der Waals surface area contributed by atoms with Gasteiger partial charge in [0.15, 0.2) is 11.3 Å². The second kappa shape index (κ2) is 5.53. The average Bonchev–Trinajstić information content (AvgIpc) is 3.19. The molecule has 2 aromatic heterocycles. The molecule has 0 N–H and O–H groups in total. The standard InChI is InChI=1S/C19H13N2O5/c22-19-21(14-6-2-4-8-17(14)24-19)15-11-20(23)10-13(15)18-9-12-5-1-3-7-16(12)25-26-18/h1-8,10-11,18H,9H2/q-1. The molecule has 0 aliphatic carbocycles. The highest BCUT2D eigenvalue weighted by Gasteiger charge is 2.27. The molecule has 1 aliphatic rings. The zero-order chi connectivity index (χ0) is 17.7. The molecular formula is C19H13N2O5-. The van der Waals surface area contributed by atoms with Crippen molar-refractivity contribution in [3.05, 3.63) is 87.8 Å². The number of oxazole rings is 1. The summed E-state index contributed by atoms with van der Waals surface area (Å²) in [6.45, 7) is 0. The molecule has 4 aromatic rings. The van der Waals surface area contributed by atoms with E-state index >= 15 is 0 Å². The van der Waals surface area contributed by atoms with Gasteiger partial charge in [0.1, 0.15) is 6.10 Å². The van der Waals surface area contributed by atoms with E-state index in [-0.39, 0.29) is 0 Å². The van der Waals surface area contributed by atoms with Crippen molar-refractivity contribution < 1.29 is 14.2 Å². The predicted molar refractivity (Wildman–Crippen MR) is 93.2 cm³/mol. The molecule has 1 aliphatic heterocycles. The van der Waals surface area contributed by atoms with Crippen LogP contribution in [0.4, 0.5) is 0 Å². The van der Waals surface area contributed by atoms with E-state index in [1.54, 1.807) is 24.3 Å². The highest BCUT2D eigenvalue weighted by Crippen LogP contribution is 2.36. The van der Waals surface area contributed by atoms with Crippen molar-refractivity contribution >= 4 is 11.1 Å². The third-order valence-electron chi connectivity index (χ3n) is 4.52. The molecule has 7 nitrogen and oxygen atoms in total. The molecule has 3 heterocycles. The Labute approximate surface area is 147 Å². The summed E-state index contributed by atoms with van der Waals surface area (Å²) in [5.41, 5.74) is 2.99. The first-order valence-electron chi connectivity index (χ1n) is 8.12. The Kier molecular flexibility index (Phi) is 3.16. The fraction of sp³-hybridized carbons (Fsp3) is 0.105. The summed E-state index contributed by atoms with van der Waals surface area (Å²) < 4.78 is 7.32. The molecule has 0 spiro atoms. The van der Waals surface area contributed by atoms with Crippen LogP contribution in [0.5, 0.6) is 5.75 Å². The second-order valence-electron chi connectivity index (χ2n) is 6.11. The first-order chi connectivity index (χ1) is 12.7. The summed E-state index contributed by atoms with van der Waals surface area (Å²) in [7, 11) is 0. The molecule has 0 amide bonds. The van der Waals surface area contributed by atoms with E-state index in [0.29, 0.717) is 39.3 Å². The lowest BCUT2D eigenvalue weighted by molar-refractivity contribution is -0.257. The fourth-order valence-corrected chi connectivity index (χ4v) is 3.32. The lowest BCUT2D eigenvalue weighted by Crippen LogP contribution is -2.19. The van der Waals surface area contributed by atoms with Gasteiger partial charge in [-0.05, 0) is 18.2 Å². The number of aromatic nitrogens is 2. The largest absolute Gasteiger partial charge is 0.806 e. The zero-order valence-corrected chi connectivity index (χ0v) is 13.5. The van der Waals surface area contributed by atoms with Gasteiger partial charge in [0.2, 0.25) is 0 Å². The monoisotopic (exact) mass is 349 g/mol. The molecule has 0 saturated carbocycles. The summed E-state index contributed by atoms with van der Waals surface area (Å²) in [6.07, 6.45) is 2.74. The first kappa shape index (κ1) is 14.9. The third-order valence-corrected chi connectivity index (χ3v) is 4.52. The molecule has 130 valence electrons. The Hall–Kier alpha value is -3.45. The smallest absolute Gasteiger partial charge is 0.424 e. The lowest BCUT2D eigenvalue weighted by atomic mass is 10.0. The number of para-hydroxylation sites is 3. The van der Waals surface area contributed by atoms with Crippen LogP contribution < -0.4 is 10.6 Å². The number of hydrogen-bond donors (Lipinski definition) is 0. The Balaban J connectivity index is 1.65. The summed E-state index contributed by atoms with van der Waals surface area (Å²) in [4.78, 5) is 23.3. The third kappa shape index (κ3) is 2.21. The maximum absolute atomic E-state index is 12.4. The van der Waals surface area contributed by atoms with E-state index in [1.165, 1.54) is 17.0 Å². The average molecular weight is 349 g/mol. The van der Waals surface area contributed by atoms with Crippen LogP contribution in [0.3, 0.4) is 0 Å². The van der Waals surface area contributed by atoms with E-state index in [1.807, 2.05) is 24.3 Å². The molecule has 7 heteroatoms. The fourth-order valence-electron chi connectivity index (χ4n) is 3.32. The van der Waals surface area contributed by atoms with Gasteiger partial charge in [0, 0.05) is 29.9 Å². The van der Waals surface area contributed by atoms with Crippen molar-refractivity contribution in [3.63, 3.8) is 0 Å². The number of hydrogen-bond acceptors (Lipinski definition) is 5. The van der Waals surface area contributed by atoms with Gasteiger partial charge in [-0.15, -0.1) is 0 Å². The Morgan fingerprint density at radius 3 is 2.77 bits per heavy atom. The summed E-state index contributed by atoms with van der Waals surface area (Å²) in [5, 5.41) is 12.0. The maximum atomic E-state index is 12.4. The molecule has 26 heavy (non-hydrogen) atoms. The van der Waals surface area contributed by atoms with Crippen molar-refractivity contribution in [3.8, 4) is 11.4 Å². The molecule has 5 rings (SSSR count). The number of rotatable bonds is 2. The van der Waals surface area contributed by atoms with Crippen LogP contribution in [0, 0.1) is 5.21 Å². The molecule has 1 atom stereocenters. The van der Waals surface area contributed by atoms with Gasteiger partial charge in [-0.2, -0.15) is 4.89 Å². The van der Waals surface area contributed by atoms with Crippen molar-refractivity contribution in [2.45, 2.75) is 12.5 Å². The van der Waals surface area contributed by atoms with Gasteiger partial charge in [-0.3, -0.25) is 0 Å². The van der Waals surface area contributed by atoms with Gasteiger partial charge in [-0.1, -0.05) is 30.3 Å². The second-order valence-corrected chi connectivity index (χ2v) is 6.11. The molecular weight excluding hydrogens is 336 g/mol. The van der Waals surface area contributed by atoms with E-state index in [0.717, 1.165) is 5.56 Å². The van der Waals surface area contributed by atoms with Crippen molar-refractivity contribution in [2.75, 3.05) is 0 Å². The summed E-state index contributed by atoms with van der Waals surface area (Å²) in [6, 6.07) is 14.6. The molecule has 0 saturated heterocycles. The van der Waals surface area contributed by atoms with Crippen LogP contribution in [0.1, 0.15) is 17.2 Å². The SMILES string of the molecule is O=c1oc2ccccc2n1-c1cn([O-])cc1C1Cc2ccccc2OO1. The van der Waals surface area contributed by atoms with Crippen molar-refractivity contribution in [1.29, 1.82) is 0 Å². The van der Waals surface area contributed by atoms with Crippen molar-refractivity contribution in [1.82, 2.24) is 9.30 Å². The van der Waals surface area contributed by atoms with E-state index in [2.05, 4.69) is 0 Å². The van der Waals surface area contributed by atoms with E-state index in [9.17, 15) is 10.0 Å². The van der Waals surface area contributed by atoms with Crippen LogP contribution in [0.25, 0.3) is 16.8 Å². The number of benzene rings is 2. The van der Waals surface area contributed by atoms with Gasteiger partial charge in [0.05, 0.1) is 11.2 Å². The van der Waals surface area contributed by atoms with Crippen LogP contribution in [0.2, 0.25) is 0 Å². The molecule has 0 bridgehead atoms. The minimum Gasteiger partial charge on any atom is -0.806 e. The number of nitrogens with zero attached hydrogens (tertiary/aromatic N) is 2. The Morgan fingerprint density at radius 1 is 1.04 bits per heavy atom. The topological polar surface area (TPSA) is 81.6 Å². The molecule has 2 aromatic carbocycles. The van der Waals surface area contributed by atoms with Crippen LogP contribution >= 0.6 is 0 Å². The van der Waals surface area contributed by atoms with Gasteiger partial charge >= 0.3 is 5.76 Å². The predicted octanol–water partition coefficient (Wildman–Crippen LogP) is 3.34. The van der Waals surface area contributed by atoms with E-state index in [4.69, 9.17) is 14.2 Å². The van der Waals surface area contributed by atoms with Gasteiger partial charge < -0.3 is 19.2 Å². The highest BCUT2D eigenvalue weighted by atomic mass is 17.2. The molecule has 0 fully saturated rings. The summed E-state index contributed by atoms with van der Waals surface area (Å²) >= 11 is 0. The lowest BCUT2D eigenvalue weighted by Gasteiger charge is -2.24. The normalized spacial score (nSPS) is 16.4. The van der Waals surface area contributed by atoms with Crippen LogP contribution in [-0.4, -0.2) is 9.30 Å². The van der Waals surface area contributed by atoms with Gasteiger partial charge in [0.25, 0.3) is 0 Å². The maximum Gasteiger partial charge on any atom is 0.424 e. The quantitative estimate of drug-likeness (QED) is 0.519. The first-order valence-corrected chi connectivity index (χ1v) is 8.12. The number of fused-ring (bicyclic) bond motifs is 2. The zero-order valence-electron chi connectivity index (χ0n) is 13.5. The highest BCUT2D eigenvalue weighted by molar-refractivity contribution is 5.75. The Morgan fingerprint density at radius 2 is 1.85 bits per heavy atom. The minimum absolute atomic E-state index is 0.419. The molecule has 1 unspecified atom stereocenters. The minimum atomic E-state index is -0.559. The van der Waals surface area contributed by atoms with Crippen LogP contribution in [0.15, 0.2) is 70.1 Å². The summed E-state index contributed by atoms with van der Waals surface area (Å²) in [5.74, 6) is 0.0913. The van der Waals surface area contributed by atoms with Crippen LogP contribution in [-0.2, 0) is 11.3 Å².